The van der Waals surface area contributed by atoms with Gasteiger partial charge in [0.15, 0.2) is 0 Å². The molecule has 0 saturated heterocycles. The molecule has 0 aliphatic heterocycles. The molecule has 118 valence electrons. The van der Waals surface area contributed by atoms with Crippen LogP contribution in [0.25, 0.3) is 0 Å². The Labute approximate surface area is 127 Å². The average molecular weight is 429 g/mol. The van der Waals surface area contributed by atoms with Crippen LogP contribution in [0.5, 0.6) is 5.75 Å². The monoisotopic (exact) mass is 429 g/mol. The summed E-state index contributed by atoms with van der Waals surface area (Å²) in [6, 6.07) is 0.412. The SMILES string of the molecule is COC(=O)Cc1cc(OC(F)(F)F)c(C(F)(F)F)c(I)n1. The lowest BCUT2D eigenvalue weighted by molar-refractivity contribution is -0.276. The van der Waals surface area contributed by atoms with E-state index in [4.69, 9.17) is 0 Å². The van der Waals surface area contributed by atoms with Crippen LogP contribution in [0.3, 0.4) is 0 Å². The highest BCUT2D eigenvalue weighted by molar-refractivity contribution is 14.1. The Balaban J connectivity index is 3.35. The maximum Gasteiger partial charge on any atom is 0.573 e. The van der Waals surface area contributed by atoms with Crippen LogP contribution >= 0.6 is 22.6 Å². The van der Waals surface area contributed by atoms with E-state index in [0.29, 0.717) is 6.07 Å². The van der Waals surface area contributed by atoms with Crippen molar-refractivity contribution >= 4 is 28.6 Å². The van der Waals surface area contributed by atoms with Gasteiger partial charge in [0.05, 0.1) is 19.2 Å². The number of carbonyl (C=O) groups is 1. The second kappa shape index (κ2) is 6.23. The van der Waals surface area contributed by atoms with Crippen molar-refractivity contribution in [3.8, 4) is 5.75 Å². The van der Waals surface area contributed by atoms with Gasteiger partial charge in [0.1, 0.15) is 15.0 Å². The lowest BCUT2D eigenvalue weighted by Crippen LogP contribution is -2.22. The smallest absolute Gasteiger partial charge is 0.469 e. The number of alkyl halides is 6. The number of hydrogen-bond donors (Lipinski definition) is 0. The molecule has 0 fully saturated rings. The predicted molar refractivity (Wildman–Crippen MR) is 64.4 cm³/mol. The van der Waals surface area contributed by atoms with Crippen LogP contribution in [0.2, 0.25) is 0 Å². The molecule has 11 heteroatoms. The maximum absolute atomic E-state index is 12.8. The second-order valence-corrected chi connectivity index (χ2v) is 4.60. The molecule has 0 bridgehead atoms. The summed E-state index contributed by atoms with van der Waals surface area (Å²) < 4.78 is 81.8. The second-order valence-electron chi connectivity index (χ2n) is 3.58. The molecule has 0 atom stereocenters. The molecule has 0 N–H and O–H groups in total. The van der Waals surface area contributed by atoms with Crippen LogP contribution in [-0.4, -0.2) is 24.4 Å². The molecule has 4 nitrogen and oxygen atoms in total. The number of ether oxygens (including phenoxy) is 2. The lowest BCUT2D eigenvalue weighted by atomic mass is 10.2. The first-order valence-corrected chi connectivity index (χ1v) is 6.11. The highest BCUT2D eigenvalue weighted by Gasteiger charge is 2.42. The number of rotatable bonds is 3. The third kappa shape index (κ3) is 5.21. The minimum atomic E-state index is -5.31. The van der Waals surface area contributed by atoms with Gasteiger partial charge >= 0.3 is 18.5 Å². The van der Waals surface area contributed by atoms with Crippen LogP contribution in [0.4, 0.5) is 26.3 Å². The van der Waals surface area contributed by atoms with E-state index in [2.05, 4.69) is 14.5 Å². The van der Waals surface area contributed by atoms with Gasteiger partial charge in [-0.1, -0.05) is 0 Å². The summed E-state index contributed by atoms with van der Waals surface area (Å²) in [7, 11) is 1.02. The number of pyridine rings is 1. The highest BCUT2D eigenvalue weighted by atomic mass is 127. The summed E-state index contributed by atoms with van der Waals surface area (Å²) >= 11 is 1.12. The minimum absolute atomic E-state index is 0.335. The van der Waals surface area contributed by atoms with Crippen molar-refractivity contribution in [1.82, 2.24) is 4.98 Å². The topological polar surface area (TPSA) is 48.4 Å². The molecule has 0 amide bonds. The number of carbonyl (C=O) groups excluding carboxylic acids is 1. The Morgan fingerprint density at radius 3 is 2.29 bits per heavy atom. The van der Waals surface area contributed by atoms with Gasteiger partial charge < -0.3 is 9.47 Å². The van der Waals surface area contributed by atoms with Gasteiger partial charge in [-0.15, -0.1) is 13.2 Å². The quantitative estimate of drug-likeness (QED) is 0.320. The Kier molecular flexibility index (Phi) is 5.28. The zero-order chi connectivity index (χ0) is 16.4. The van der Waals surface area contributed by atoms with Gasteiger partial charge in [0.2, 0.25) is 0 Å². The van der Waals surface area contributed by atoms with Gasteiger partial charge in [-0.3, -0.25) is 4.79 Å². The number of halogens is 7. The zero-order valence-corrected chi connectivity index (χ0v) is 12.3. The standard InChI is InChI=1S/C10H6F6INO3/c1-20-6(19)3-4-2-5(21-10(14,15)16)7(8(17)18-4)9(11,12)13/h2H,3H2,1H3. The third-order valence-electron chi connectivity index (χ3n) is 2.05. The molecule has 0 aliphatic rings. The van der Waals surface area contributed by atoms with Crippen molar-refractivity contribution < 1.29 is 40.6 Å². The molecule has 0 aliphatic carbocycles. The summed E-state index contributed by atoms with van der Waals surface area (Å²) in [6.45, 7) is 0. The normalized spacial score (nSPS) is 12.2. The molecule has 0 spiro atoms. The van der Waals surface area contributed by atoms with Crippen molar-refractivity contribution in [2.24, 2.45) is 0 Å². The van der Waals surface area contributed by atoms with Crippen LogP contribution < -0.4 is 4.74 Å². The Morgan fingerprint density at radius 2 is 1.86 bits per heavy atom. The Morgan fingerprint density at radius 1 is 1.29 bits per heavy atom. The van der Waals surface area contributed by atoms with E-state index in [9.17, 15) is 31.1 Å². The summed E-state index contributed by atoms with van der Waals surface area (Å²) in [6.07, 6.45) is -11.0. The van der Waals surface area contributed by atoms with Gasteiger partial charge in [-0.05, 0) is 22.6 Å². The van der Waals surface area contributed by atoms with Crippen molar-refractivity contribution in [1.29, 1.82) is 0 Å². The summed E-state index contributed by atoms with van der Waals surface area (Å²) in [5, 5.41) is 0. The van der Waals surface area contributed by atoms with Crippen molar-refractivity contribution in [3.63, 3.8) is 0 Å². The van der Waals surface area contributed by atoms with E-state index in [1.807, 2.05) is 0 Å². The number of hydrogen-bond acceptors (Lipinski definition) is 4. The van der Waals surface area contributed by atoms with Crippen molar-refractivity contribution in [3.05, 3.63) is 21.0 Å². The fourth-order valence-corrected chi connectivity index (χ4v) is 2.19. The first-order valence-electron chi connectivity index (χ1n) is 5.03. The molecular weight excluding hydrogens is 423 g/mol. The number of esters is 1. The van der Waals surface area contributed by atoms with Gasteiger partial charge in [-0.2, -0.15) is 13.2 Å². The predicted octanol–water partition coefficient (Wildman–Crippen LogP) is 3.32. The van der Waals surface area contributed by atoms with E-state index in [0.717, 1.165) is 29.7 Å². The number of aromatic nitrogens is 1. The molecule has 1 rings (SSSR count). The van der Waals surface area contributed by atoms with E-state index in [1.165, 1.54) is 0 Å². The van der Waals surface area contributed by atoms with Crippen LogP contribution in [0, 0.1) is 3.70 Å². The molecular formula is C10H6F6INO3. The maximum atomic E-state index is 12.8. The Bertz CT molecular complexity index is 543. The fraction of sp³-hybridized carbons (Fsp3) is 0.400. The van der Waals surface area contributed by atoms with E-state index in [-0.39, 0.29) is 5.69 Å². The first-order chi connectivity index (χ1) is 9.44. The van der Waals surface area contributed by atoms with Gasteiger partial charge in [0, 0.05) is 6.07 Å². The van der Waals surface area contributed by atoms with E-state index >= 15 is 0 Å². The van der Waals surface area contributed by atoms with Crippen molar-refractivity contribution in [2.75, 3.05) is 7.11 Å². The molecule has 0 unspecified atom stereocenters. The summed E-state index contributed by atoms with van der Waals surface area (Å²) in [5.41, 5.74) is -1.99. The third-order valence-corrected chi connectivity index (χ3v) is 2.84. The van der Waals surface area contributed by atoms with Crippen LogP contribution in [0.15, 0.2) is 6.07 Å². The average Bonchev–Trinajstić information content (AvgIpc) is 2.23. The largest absolute Gasteiger partial charge is 0.573 e. The molecule has 1 aromatic heterocycles. The highest BCUT2D eigenvalue weighted by Crippen LogP contribution is 2.41. The fourth-order valence-electron chi connectivity index (χ4n) is 1.31. The lowest BCUT2D eigenvalue weighted by Gasteiger charge is -2.17. The van der Waals surface area contributed by atoms with Crippen LogP contribution in [0.1, 0.15) is 11.3 Å². The molecule has 1 heterocycles. The van der Waals surface area contributed by atoms with Crippen LogP contribution in [-0.2, 0) is 22.1 Å². The van der Waals surface area contributed by atoms with E-state index in [1.54, 1.807) is 0 Å². The zero-order valence-electron chi connectivity index (χ0n) is 10.1. The molecule has 0 saturated carbocycles. The summed E-state index contributed by atoms with van der Waals surface area (Å²) in [4.78, 5) is 14.5. The molecule has 1 aromatic rings. The van der Waals surface area contributed by atoms with Gasteiger partial charge in [-0.25, -0.2) is 4.98 Å². The number of nitrogens with zero attached hydrogens (tertiary/aromatic N) is 1. The van der Waals surface area contributed by atoms with E-state index < -0.39 is 39.9 Å². The molecule has 0 radical (unpaired) electrons. The molecule has 21 heavy (non-hydrogen) atoms. The summed E-state index contributed by atoms with van der Waals surface area (Å²) in [5.74, 6) is -2.33. The number of methoxy groups -OCH3 is 1. The molecule has 0 aromatic carbocycles. The van der Waals surface area contributed by atoms with Crippen molar-refractivity contribution in [2.45, 2.75) is 19.0 Å². The first kappa shape index (κ1) is 17.8. The Hall–Kier alpha value is -1.27. The minimum Gasteiger partial charge on any atom is -0.469 e. The van der Waals surface area contributed by atoms with Gasteiger partial charge in [0.25, 0.3) is 0 Å².